The number of nitrogens with zero attached hydrogens (tertiary/aromatic N) is 1. The third kappa shape index (κ3) is 7.20. The smallest absolute Gasteiger partial charge is 0.0593 e. The summed E-state index contributed by atoms with van der Waals surface area (Å²) >= 11 is 0. The second-order valence-corrected chi connectivity index (χ2v) is 4.50. The van der Waals surface area contributed by atoms with Gasteiger partial charge in [0.25, 0.3) is 0 Å². The summed E-state index contributed by atoms with van der Waals surface area (Å²) in [5, 5.41) is 3.55. The molecule has 0 bridgehead atoms. The van der Waals surface area contributed by atoms with Crippen molar-refractivity contribution >= 4 is 0 Å². The van der Waals surface area contributed by atoms with Crippen LogP contribution in [0.3, 0.4) is 0 Å². The molecule has 0 aromatic carbocycles. The highest BCUT2D eigenvalue weighted by Gasteiger charge is 2.15. The minimum atomic E-state index is 0.589. The van der Waals surface area contributed by atoms with E-state index in [1.54, 1.807) is 0 Å². The van der Waals surface area contributed by atoms with Crippen molar-refractivity contribution in [1.82, 2.24) is 10.2 Å². The van der Waals surface area contributed by atoms with Crippen LogP contribution in [0.5, 0.6) is 0 Å². The minimum Gasteiger partial charge on any atom is -0.380 e. The molecule has 0 amide bonds. The van der Waals surface area contributed by atoms with E-state index >= 15 is 0 Å². The van der Waals surface area contributed by atoms with Gasteiger partial charge in [-0.1, -0.05) is 27.7 Å². The molecule has 1 unspecified atom stereocenters. The van der Waals surface area contributed by atoms with E-state index in [1.807, 2.05) is 6.92 Å². The van der Waals surface area contributed by atoms with Crippen molar-refractivity contribution < 1.29 is 4.74 Å². The first-order valence-electron chi connectivity index (χ1n) is 6.69. The third-order valence-corrected chi connectivity index (χ3v) is 2.93. The Bertz CT molecular complexity index is 151. The Morgan fingerprint density at radius 3 is 2.31 bits per heavy atom. The summed E-state index contributed by atoms with van der Waals surface area (Å²) in [6, 6.07) is 0.589. The normalized spacial score (nSPS) is 13.7. The lowest BCUT2D eigenvalue weighted by molar-refractivity contribution is 0.108. The van der Waals surface area contributed by atoms with Gasteiger partial charge in [0, 0.05) is 25.7 Å². The molecule has 16 heavy (non-hydrogen) atoms. The molecule has 0 aliphatic heterocycles. The molecule has 3 nitrogen and oxygen atoms in total. The molecule has 0 saturated carbocycles. The molecule has 0 heterocycles. The predicted octanol–water partition coefficient (Wildman–Crippen LogP) is 1.98. The third-order valence-electron chi connectivity index (χ3n) is 2.93. The van der Waals surface area contributed by atoms with Gasteiger partial charge in [0.1, 0.15) is 0 Å². The van der Waals surface area contributed by atoms with Gasteiger partial charge < -0.3 is 10.1 Å². The molecule has 0 radical (unpaired) electrons. The average Bonchev–Trinajstić information content (AvgIpc) is 2.26. The molecule has 0 aliphatic rings. The van der Waals surface area contributed by atoms with Gasteiger partial charge in [0.05, 0.1) is 6.61 Å². The Balaban J connectivity index is 3.94. The molecule has 3 heteroatoms. The van der Waals surface area contributed by atoms with Crippen LogP contribution in [0.2, 0.25) is 0 Å². The highest BCUT2D eigenvalue weighted by molar-refractivity contribution is 4.74. The molecule has 0 aromatic rings. The molecule has 0 aliphatic carbocycles. The lowest BCUT2D eigenvalue weighted by Gasteiger charge is -2.29. The van der Waals surface area contributed by atoms with Crippen molar-refractivity contribution in [3.8, 4) is 0 Å². The fourth-order valence-electron chi connectivity index (χ4n) is 1.77. The largest absolute Gasteiger partial charge is 0.380 e. The first-order chi connectivity index (χ1) is 7.65. The van der Waals surface area contributed by atoms with Crippen molar-refractivity contribution in [2.45, 2.75) is 40.7 Å². The van der Waals surface area contributed by atoms with Crippen LogP contribution in [0.15, 0.2) is 0 Å². The van der Waals surface area contributed by atoms with Gasteiger partial charge in [-0.25, -0.2) is 0 Å². The molecule has 0 aromatic heterocycles. The standard InChI is InChI=1S/C13H30N2O/c1-6-14-13(12(4)5)11-15(7-2)9-10-16-8-3/h12-14H,6-11H2,1-5H3. The molecular weight excluding hydrogens is 200 g/mol. The van der Waals surface area contributed by atoms with Crippen LogP contribution < -0.4 is 5.32 Å². The summed E-state index contributed by atoms with van der Waals surface area (Å²) in [6.45, 7) is 17.0. The quantitative estimate of drug-likeness (QED) is 0.581. The fraction of sp³-hybridized carbons (Fsp3) is 1.00. The second-order valence-electron chi connectivity index (χ2n) is 4.50. The van der Waals surface area contributed by atoms with Crippen LogP contribution in [0.4, 0.5) is 0 Å². The predicted molar refractivity (Wildman–Crippen MR) is 70.9 cm³/mol. The Morgan fingerprint density at radius 1 is 1.19 bits per heavy atom. The van der Waals surface area contributed by atoms with Crippen molar-refractivity contribution in [2.75, 3.05) is 39.4 Å². The van der Waals surface area contributed by atoms with Crippen molar-refractivity contribution in [3.63, 3.8) is 0 Å². The minimum absolute atomic E-state index is 0.589. The molecule has 1 N–H and O–H groups in total. The zero-order chi connectivity index (χ0) is 12.4. The SMILES string of the molecule is CCNC(CN(CC)CCOCC)C(C)C. The molecule has 0 saturated heterocycles. The van der Waals surface area contributed by atoms with E-state index in [4.69, 9.17) is 4.74 Å². The van der Waals surface area contributed by atoms with Crippen LogP contribution in [0.25, 0.3) is 0 Å². The molecule has 0 spiro atoms. The number of rotatable bonds is 10. The number of hydrogen-bond acceptors (Lipinski definition) is 3. The van der Waals surface area contributed by atoms with E-state index in [1.165, 1.54) is 0 Å². The first-order valence-corrected chi connectivity index (χ1v) is 6.69. The molecule has 1 atom stereocenters. The highest BCUT2D eigenvalue weighted by atomic mass is 16.5. The maximum atomic E-state index is 5.41. The van der Waals surface area contributed by atoms with Gasteiger partial charge in [-0.3, -0.25) is 4.90 Å². The Labute approximate surface area is 102 Å². The fourth-order valence-corrected chi connectivity index (χ4v) is 1.77. The van der Waals surface area contributed by atoms with E-state index in [2.05, 4.69) is 37.9 Å². The lowest BCUT2D eigenvalue weighted by Crippen LogP contribution is -2.45. The number of nitrogens with one attached hydrogen (secondary N) is 1. The van der Waals surface area contributed by atoms with Crippen LogP contribution >= 0.6 is 0 Å². The maximum Gasteiger partial charge on any atom is 0.0593 e. The summed E-state index contributed by atoms with van der Waals surface area (Å²) in [5.74, 6) is 0.682. The van der Waals surface area contributed by atoms with E-state index in [9.17, 15) is 0 Å². The van der Waals surface area contributed by atoms with Gasteiger partial charge >= 0.3 is 0 Å². The summed E-state index contributed by atoms with van der Waals surface area (Å²) in [6.07, 6.45) is 0. The zero-order valence-electron chi connectivity index (χ0n) is 11.8. The molecule has 98 valence electrons. The van der Waals surface area contributed by atoms with E-state index in [0.717, 1.165) is 39.4 Å². The van der Waals surface area contributed by atoms with E-state index < -0.39 is 0 Å². The van der Waals surface area contributed by atoms with Crippen LogP contribution in [0.1, 0.15) is 34.6 Å². The summed E-state index contributed by atoms with van der Waals surface area (Å²) in [7, 11) is 0. The van der Waals surface area contributed by atoms with Gasteiger partial charge in [0.15, 0.2) is 0 Å². The highest BCUT2D eigenvalue weighted by Crippen LogP contribution is 2.04. The molecule has 0 fully saturated rings. The van der Waals surface area contributed by atoms with Gasteiger partial charge in [-0.05, 0) is 25.9 Å². The average molecular weight is 230 g/mol. The Kier molecular flexibility index (Phi) is 9.99. The van der Waals surface area contributed by atoms with Gasteiger partial charge in [-0.2, -0.15) is 0 Å². The Hall–Kier alpha value is -0.120. The Morgan fingerprint density at radius 2 is 1.88 bits per heavy atom. The van der Waals surface area contributed by atoms with Crippen LogP contribution in [-0.2, 0) is 4.74 Å². The molecular formula is C13H30N2O. The second kappa shape index (κ2) is 10.1. The number of likely N-dealkylation sites (N-methyl/N-ethyl adjacent to an activating group) is 2. The number of hydrogen-bond donors (Lipinski definition) is 1. The van der Waals surface area contributed by atoms with Crippen molar-refractivity contribution in [1.29, 1.82) is 0 Å². The van der Waals surface area contributed by atoms with Gasteiger partial charge in [-0.15, -0.1) is 0 Å². The number of ether oxygens (including phenoxy) is 1. The lowest BCUT2D eigenvalue weighted by atomic mass is 10.0. The van der Waals surface area contributed by atoms with Crippen molar-refractivity contribution in [3.05, 3.63) is 0 Å². The zero-order valence-corrected chi connectivity index (χ0v) is 11.8. The topological polar surface area (TPSA) is 24.5 Å². The van der Waals surface area contributed by atoms with E-state index in [0.29, 0.717) is 12.0 Å². The summed E-state index contributed by atoms with van der Waals surface area (Å²) in [4.78, 5) is 2.46. The van der Waals surface area contributed by atoms with Crippen LogP contribution in [-0.4, -0.2) is 50.3 Å². The van der Waals surface area contributed by atoms with Crippen molar-refractivity contribution in [2.24, 2.45) is 5.92 Å². The summed E-state index contributed by atoms with van der Waals surface area (Å²) < 4.78 is 5.41. The monoisotopic (exact) mass is 230 g/mol. The van der Waals surface area contributed by atoms with Gasteiger partial charge in [0.2, 0.25) is 0 Å². The van der Waals surface area contributed by atoms with Crippen LogP contribution in [0, 0.1) is 5.92 Å². The first kappa shape index (κ1) is 15.9. The maximum absolute atomic E-state index is 5.41. The van der Waals surface area contributed by atoms with E-state index in [-0.39, 0.29) is 0 Å². The molecule has 0 rings (SSSR count). The summed E-state index contributed by atoms with van der Waals surface area (Å²) in [5.41, 5.74) is 0.